The Morgan fingerprint density at radius 3 is 2.47 bits per heavy atom. The number of aromatic nitrogens is 2. The summed E-state index contributed by atoms with van der Waals surface area (Å²) in [5.74, 6) is -0.446. The Morgan fingerprint density at radius 2 is 1.78 bits per heavy atom. The standard InChI is InChI=1S/C25H28FN3O3/c1-2-32-24(30)13-16-28-14-11-20(12-15-28)29-25(31)22-6-4-3-5-21(22)23(27-29)17-18-7-9-19(26)10-8-18/h3-10,20H,2,11-17H2,1H3. The van der Waals surface area contributed by atoms with E-state index in [0.29, 0.717) is 31.4 Å². The summed E-state index contributed by atoms with van der Waals surface area (Å²) in [4.78, 5) is 27.1. The molecule has 1 aromatic heterocycles. The van der Waals surface area contributed by atoms with E-state index in [0.717, 1.165) is 42.6 Å². The van der Waals surface area contributed by atoms with Gasteiger partial charge in [-0.2, -0.15) is 5.10 Å². The van der Waals surface area contributed by atoms with E-state index >= 15 is 0 Å². The smallest absolute Gasteiger partial charge is 0.307 e. The summed E-state index contributed by atoms with van der Waals surface area (Å²) in [5.41, 5.74) is 1.69. The molecule has 0 aliphatic carbocycles. The highest BCUT2D eigenvalue weighted by atomic mass is 19.1. The fraction of sp³-hybridized carbons (Fsp3) is 0.400. The van der Waals surface area contributed by atoms with E-state index in [9.17, 15) is 14.0 Å². The van der Waals surface area contributed by atoms with Gasteiger partial charge in [0, 0.05) is 31.4 Å². The van der Waals surface area contributed by atoms with Gasteiger partial charge in [-0.05, 0) is 43.5 Å². The highest BCUT2D eigenvalue weighted by Crippen LogP contribution is 2.24. The Morgan fingerprint density at radius 1 is 1.09 bits per heavy atom. The zero-order valence-corrected chi connectivity index (χ0v) is 18.3. The monoisotopic (exact) mass is 437 g/mol. The zero-order valence-electron chi connectivity index (χ0n) is 18.3. The molecule has 32 heavy (non-hydrogen) atoms. The minimum absolute atomic E-state index is 0.0120. The van der Waals surface area contributed by atoms with E-state index in [-0.39, 0.29) is 23.4 Å². The van der Waals surface area contributed by atoms with Crippen LogP contribution in [0.3, 0.4) is 0 Å². The van der Waals surface area contributed by atoms with E-state index in [4.69, 9.17) is 9.84 Å². The number of rotatable bonds is 7. The topological polar surface area (TPSA) is 64.4 Å². The predicted octanol–water partition coefficient (Wildman–Crippen LogP) is 3.72. The Labute approximate surface area is 186 Å². The van der Waals surface area contributed by atoms with Crippen LogP contribution < -0.4 is 5.56 Å². The first-order valence-corrected chi connectivity index (χ1v) is 11.2. The first-order chi connectivity index (χ1) is 15.5. The number of benzene rings is 2. The Balaban J connectivity index is 1.54. The number of hydrogen-bond acceptors (Lipinski definition) is 5. The van der Waals surface area contributed by atoms with Gasteiger partial charge in [0.2, 0.25) is 0 Å². The molecule has 7 heteroatoms. The van der Waals surface area contributed by atoms with E-state index in [1.165, 1.54) is 12.1 Å². The average molecular weight is 438 g/mol. The molecular formula is C25H28FN3O3. The van der Waals surface area contributed by atoms with E-state index in [1.807, 2.05) is 31.2 Å². The van der Waals surface area contributed by atoms with Crippen molar-refractivity contribution >= 4 is 16.7 Å². The summed E-state index contributed by atoms with van der Waals surface area (Å²) < 4.78 is 20.0. The summed E-state index contributed by atoms with van der Waals surface area (Å²) in [6.45, 7) is 4.48. The molecule has 0 atom stereocenters. The molecule has 1 aliphatic rings. The number of halogens is 1. The van der Waals surface area contributed by atoms with Crippen molar-refractivity contribution < 1.29 is 13.9 Å². The van der Waals surface area contributed by atoms with E-state index in [1.54, 1.807) is 16.8 Å². The second-order valence-electron chi connectivity index (χ2n) is 8.17. The fourth-order valence-electron chi connectivity index (χ4n) is 4.32. The Bertz CT molecular complexity index is 1140. The summed E-state index contributed by atoms with van der Waals surface area (Å²) in [7, 11) is 0. The molecule has 3 aromatic rings. The molecule has 1 aliphatic heterocycles. The van der Waals surface area contributed by atoms with Gasteiger partial charge < -0.3 is 9.64 Å². The van der Waals surface area contributed by atoms with Crippen LogP contribution in [0.2, 0.25) is 0 Å². The van der Waals surface area contributed by atoms with Crippen LogP contribution >= 0.6 is 0 Å². The minimum atomic E-state index is -0.272. The van der Waals surface area contributed by atoms with Crippen LogP contribution in [0.1, 0.15) is 43.5 Å². The van der Waals surface area contributed by atoms with Crippen molar-refractivity contribution in [2.75, 3.05) is 26.2 Å². The first kappa shape index (κ1) is 22.1. The summed E-state index contributed by atoms with van der Waals surface area (Å²) >= 11 is 0. The molecular weight excluding hydrogens is 409 g/mol. The number of carbonyl (C=O) groups is 1. The third kappa shape index (κ3) is 5.05. The van der Waals surface area contributed by atoms with Crippen LogP contribution in [0.4, 0.5) is 4.39 Å². The second-order valence-corrected chi connectivity index (χ2v) is 8.17. The molecule has 1 fully saturated rings. The van der Waals surface area contributed by atoms with Gasteiger partial charge >= 0.3 is 5.97 Å². The lowest BCUT2D eigenvalue weighted by Crippen LogP contribution is -2.39. The highest BCUT2D eigenvalue weighted by molar-refractivity contribution is 5.83. The summed E-state index contributed by atoms with van der Waals surface area (Å²) in [5, 5.41) is 6.28. The SMILES string of the molecule is CCOC(=O)CCN1CCC(n2nc(Cc3ccc(F)cc3)c3ccccc3c2=O)CC1. The van der Waals surface area contributed by atoms with Crippen molar-refractivity contribution in [1.82, 2.24) is 14.7 Å². The molecule has 2 heterocycles. The van der Waals surface area contributed by atoms with Gasteiger partial charge in [-0.25, -0.2) is 9.07 Å². The van der Waals surface area contributed by atoms with Crippen molar-refractivity contribution in [2.45, 2.75) is 38.6 Å². The quantitative estimate of drug-likeness (QED) is 0.527. The highest BCUT2D eigenvalue weighted by Gasteiger charge is 2.24. The van der Waals surface area contributed by atoms with Gasteiger partial charge in [0.05, 0.1) is 30.1 Å². The van der Waals surface area contributed by atoms with Crippen LogP contribution in [0.15, 0.2) is 53.3 Å². The van der Waals surface area contributed by atoms with Crippen LogP contribution in [0.5, 0.6) is 0 Å². The number of fused-ring (bicyclic) bond motifs is 1. The van der Waals surface area contributed by atoms with Gasteiger partial charge in [0.25, 0.3) is 5.56 Å². The summed E-state index contributed by atoms with van der Waals surface area (Å²) in [6.07, 6.45) is 2.50. The lowest BCUT2D eigenvalue weighted by molar-refractivity contribution is -0.143. The first-order valence-electron chi connectivity index (χ1n) is 11.2. The minimum Gasteiger partial charge on any atom is -0.466 e. The number of nitrogens with zero attached hydrogens (tertiary/aromatic N) is 3. The Hall–Kier alpha value is -3.06. The molecule has 0 bridgehead atoms. The van der Waals surface area contributed by atoms with Gasteiger partial charge in [-0.1, -0.05) is 30.3 Å². The van der Waals surface area contributed by atoms with Gasteiger partial charge in [-0.15, -0.1) is 0 Å². The van der Waals surface area contributed by atoms with Crippen molar-refractivity contribution in [3.05, 3.63) is 76.0 Å². The number of likely N-dealkylation sites (tertiary alicyclic amines) is 1. The molecule has 0 spiro atoms. The number of ether oxygens (including phenoxy) is 1. The molecule has 168 valence electrons. The number of carbonyl (C=O) groups excluding carboxylic acids is 1. The molecule has 1 saturated heterocycles. The Kier molecular flexibility index (Phi) is 6.95. The van der Waals surface area contributed by atoms with Crippen LogP contribution in [0, 0.1) is 5.82 Å². The molecule has 0 unspecified atom stereocenters. The van der Waals surface area contributed by atoms with Crippen molar-refractivity contribution in [2.24, 2.45) is 0 Å². The van der Waals surface area contributed by atoms with Crippen LogP contribution in [-0.4, -0.2) is 46.9 Å². The van der Waals surface area contributed by atoms with E-state index in [2.05, 4.69) is 4.90 Å². The zero-order chi connectivity index (χ0) is 22.5. The number of hydrogen-bond donors (Lipinski definition) is 0. The molecule has 0 saturated carbocycles. The van der Waals surface area contributed by atoms with Gasteiger partial charge in [0.15, 0.2) is 0 Å². The lowest BCUT2D eigenvalue weighted by atomic mass is 10.0. The second kappa shape index (κ2) is 10.0. The average Bonchev–Trinajstić information content (AvgIpc) is 2.82. The normalized spacial score (nSPS) is 15.2. The van der Waals surface area contributed by atoms with Crippen molar-refractivity contribution in [3.8, 4) is 0 Å². The van der Waals surface area contributed by atoms with Gasteiger partial charge in [-0.3, -0.25) is 9.59 Å². The van der Waals surface area contributed by atoms with Crippen molar-refractivity contribution in [3.63, 3.8) is 0 Å². The molecule has 0 radical (unpaired) electrons. The third-order valence-corrected chi connectivity index (χ3v) is 6.03. The van der Waals surface area contributed by atoms with Crippen LogP contribution in [0.25, 0.3) is 10.8 Å². The molecule has 6 nitrogen and oxygen atoms in total. The molecule has 0 amide bonds. The van der Waals surface area contributed by atoms with E-state index < -0.39 is 0 Å². The summed E-state index contributed by atoms with van der Waals surface area (Å²) in [6, 6.07) is 13.9. The lowest BCUT2D eigenvalue weighted by Gasteiger charge is -2.32. The maximum atomic E-state index is 13.3. The molecule has 4 rings (SSSR count). The predicted molar refractivity (Wildman–Crippen MR) is 121 cm³/mol. The maximum absolute atomic E-state index is 13.3. The van der Waals surface area contributed by atoms with Gasteiger partial charge in [0.1, 0.15) is 5.82 Å². The van der Waals surface area contributed by atoms with Crippen LogP contribution in [-0.2, 0) is 16.0 Å². The maximum Gasteiger partial charge on any atom is 0.307 e. The molecule has 2 aromatic carbocycles. The fourth-order valence-corrected chi connectivity index (χ4v) is 4.32. The number of piperidine rings is 1. The van der Waals surface area contributed by atoms with Crippen molar-refractivity contribution in [1.29, 1.82) is 0 Å². The number of esters is 1. The largest absolute Gasteiger partial charge is 0.466 e. The molecule has 0 N–H and O–H groups in total. The third-order valence-electron chi connectivity index (χ3n) is 6.03.